The normalized spacial score (nSPS) is 25.8. The summed E-state index contributed by atoms with van der Waals surface area (Å²) in [4.78, 5) is 14.6. The number of hydrogen-bond donors (Lipinski definition) is 0. The largest absolute Gasteiger partial charge is 0.378 e. The Bertz CT molecular complexity index is 381. The summed E-state index contributed by atoms with van der Waals surface area (Å²) in [6, 6.07) is 2.01. The molecule has 2 atom stereocenters. The summed E-state index contributed by atoms with van der Waals surface area (Å²) >= 11 is 1.70. The predicted molar refractivity (Wildman–Crippen MR) is 61.6 cm³/mol. The van der Waals surface area contributed by atoms with Crippen LogP contribution < -0.4 is 0 Å². The molecule has 1 aliphatic heterocycles. The summed E-state index contributed by atoms with van der Waals surface area (Å²) in [5.74, 6) is 0.333. The fourth-order valence-corrected chi connectivity index (χ4v) is 3.08. The molecule has 0 aromatic carbocycles. The molecule has 0 aliphatic carbocycles. The van der Waals surface area contributed by atoms with Gasteiger partial charge in [0.25, 0.3) is 0 Å². The van der Waals surface area contributed by atoms with Gasteiger partial charge in [-0.15, -0.1) is 11.3 Å². The van der Waals surface area contributed by atoms with Crippen molar-refractivity contribution in [3.05, 3.63) is 21.4 Å². The Hall–Kier alpha value is -0.670. The molecule has 2 nitrogen and oxygen atoms in total. The minimum atomic E-state index is 0.0673. The average Bonchev–Trinajstić information content (AvgIpc) is 2.71. The molecule has 0 amide bonds. The minimum absolute atomic E-state index is 0.0673. The van der Waals surface area contributed by atoms with Gasteiger partial charge in [-0.05, 0) is 33.3 Å². The van der Waals surface area contributed by atoms with Crippen LogP contribution >= 0.6 is 11.3 Å². The Morgan fingerprint density at radius 3 is 2.73 bits per heavy atom. The highest BCUT2D eigenvalue weighted by Crippen LogP contribution is 2.29. The lowest BCUT2D eigenvalue weighted by atomic mass is 9.93. The van der Waals surface area contributed by atoms with Gasteiger partial charge in [-0.25, -0.2) is 0 Å². The van der Waals surface area contributed by atoms with Crippen LogP contribution in [0.2, 0.25) is 0 Å². The molecule has 0 radical (unpaired) electrons. The van der Waals surface area contributed by atoms with E-state index in [0.717, 1.165) is 23.5 Å². The molecule has 15 heavy (non-hydrogen) atoms. The van der Waals surface area contributed by atoms with E-state index in [9.17, 15) is 4.79 Å². The molecule has 0 spiro atoms. The van der Waals surface area contributed by atoms with Crippen molar-refractivity contribution < 1.29 is 9.53 Å². The van der Waals surface area contributed by atoms with Crippen molar-refractivity contribution in [3.63, 3.8) is 0 Å². The second-order valence-electron chi connectivity index (χ2n) is 4.16. The molecule has 1 aromatic heterocycles. The molecule has 1 saturated heterocycles. The molecule has 1 fully saturated rings. The first kappa shape index (κ1) is 10.8. The van der Waals surface area contributed by atoms with Gasteiger partial charge in [0.2, 0.25) is 0 Å². The number of rotatable bonds is 2. The van der Waals surface area contributed by atoms with E-state index in [2.05, 4.69) is 0 Å². The fourth-order valence-electron chi connectivity index (χ4n) is 2.15. The Morgan fingerprint density at radius 1 is 1.53 bits per heavy atom. The standard InChI is InChI=1S/C12H16O2S/c1-7-6-11(9(3)15-7)12(13)10-4-5-14-8(10)2/h6,8,10H,4-5H2,1-3H3. The van der Waals surface area contributed by atoms with Gasteiger partial charge in [-0.3, -0.25) is 4.79 Å². The van der Waals surface area contributed by atoms with Crippen LogP contribution in [0.5, 0.6) is 0 Å². The van der Waals surface area contributed by atoms with Gasteiger partial charge in [0, 0.05) is 21.9 Å². The number of carbonyl (C=O) groups is 1. The SMILES string of the molecule is Cc1cc(C(=O)C2CCOC2C)c(C)s1. The summed E-state index contributed by atoms with van der Waals surface area (Å²) in [7, 11) is 0. The first-order valence-corrected chi connectivity index (χ1v) is 6.14. The maximum atomic E-state index is 12.2. The molecular weight excluding hydrogens is 208 g/mol. The number of hydrogen-bond acceptors (Lipinski definition) is 3. The van der Waals surface area contributed by atoms with Crippen molar-refractivity contribution in [1.82, 2.24) is 0 Å². The summed E-state index contributed by atoms with van der Waals surface area (Å²) in [6.07, 6.45) is 0.950. The Labute approximate surface area is 94.3 Å². The van der Waals surface area contributed by atoms with E-state index in [4.69, 9.17) is 4.74 Å². The van der Waals surface area contributed by atoms with Crippen molar-refractivity contribution >= 4 is 17.1 Å². The zero-order chi connectivity index (χ0) is 11.0. The number of carbonyl (C=O) groups excluding carboxylic acids is 1. The quantitative estimate of drug-likeness (QED) is 0.722. The van der Waals surface area contributed by atoms with E-state index < -0.39 is 0 Å². The Morgan fingerprint density at radius 2 is 2.27 bits per heavy atom. The first-order chi connectivity index (χ1) is 7.09. The molecule has 1 aliphatic rings. The lowest BCUT2D eigenvalue weighted by molar-refractivity contribution is 0.0764. The molecule has 0 saturated carbocycles. The van der Waals surface area contributed by atoms with Crippen molar-refractivity contribution in [2.75, 3.05) is 6.61 Å². The fraction of sp³-hybridized carbons (Fsp3) is 0.583. The smallest absolute Gasteiger partial charge is 0.169 e. The summed E-state index contributed by atoms with van der Waals surface area (Å²) < 4.78 is 5.44. The highest BCUT2D eigenvalue weighted by atomic mass is 32.1. The second kappa shape index (κ2) is 4.06. The van der Waals surface area contributed by atoms with Gasteiger partial charge >= 0.3 is 0 Å². The number of thiophene rings is 1. The summed E-state index contributed by atoms with van der Waals surface area (Å²) in [5, 5.41) is 0. The van der Waals surface area contributed by atoms with E-state index in [-0.39, 0.29) is 17.8 Å². The molecule has 2 heterocycles. The highest BCUT2D eigenvalue weighted by Gasteiger charge is 2.32. The highest BCUT2D eigenvalue weighted by molar-refractivity contribution is 7.12. The third-order valence-electron chi connectivity index (χ3n) is 3.02. The number of aryl methyl sites for hydroxylation is 2. The van der Waals surface area contributed by atoms with E-state index in [1.165, 1.54) is 4.88 Å². The molecule has 1 aromatic rings. The zero-order valence-electron chi connectivity index (χ0n) is 9.37. The van der Waals surface area contributed by atoms with Crippen LogP contribution in [0.25, 0.3) is 0 Å². The van der Waals surface area contributed by atoms with Crippen LogP contribution in [-0.4, -0.2) is 18.5 Å². The molecule has 2 unspecified atom stereocenters. The van der Waals surface area contributed by atoms with E-state index in [1.54, 1.807) is 11.3 Å². The zero-order valence-corrected chi connectivity index (χ0v) is 10.2. The number of ketones is 1. The van der Waals surface area contributed by atoms with E-state index in [0.29, 0.717) is 0 Å². The topological polar surface area (TPSA) is 26.3 Å². The monoisotopic (exact) mass is 224 g/mol. The summed E-state index contributed by atoms with van der Waals surface area (Å²) in [5.41, 5.74) is 0.903. The van der Waals surface area contributed by atoms with Gasteiger partial charge in [0.05, 0.1) is 12.0 Å². The third-order valence-corrected chi connectivity index (χ3v) is 3.99. The maximum absolute atomic E-state index is 12.2. The van der Waals surface area contributed by atoms with Crippen LogP contribution in [0, 0.1) is 19.8 Å². The second-order valence-corrected chi connectivity index (χ2v) is 5.62. The van der Waals surface area contributed by atoms with Crippen LogP contribution in [0.3, 0.4) is 0 Å². The lowest BCUT2D eigenvalue weighted by Gasteiger charge is -2.12. The minimum Gasteiger partial charge on any atom is -0.378 e. The number of Topliss-reactive ketones (excluding diaryl/α,β-unsaturated/α-hetero) is 1. The van der Waals surface area contributed by atoms with E-state index in [1.807, 2.05) is 26.8 Å². The van der Waals surface area contributed by atoms with Gasteiger partial charge in [0.15, 0.2) is 5.78 Å². The van der Waals surface area contributed by atoms with Crippen molar-refractivity contribution in [2.45, 2.75) is 33.3 Å². The molecule has 0 bridgehead atoms. The molecule has 82 valence electrons. The molecule has 3 heteroatoms. The van der Waals surface area contributed by atoms with Gasteiger partial charge < -0.3 is 4.74 Å². The maximum Gasteiger partial charge on any atom is 0.169 e. The van der Waals surface area contributed by atoms with Gasteiger partial charge in [-0.1, -0.05) is 0 Å². The Balaban J connectivity index is 2.24. The van der Waals surface area contributed by atoms with Gasteiger partial charge in [-0.2, -0.15) is 0 Å². The number of ether oxygens (including phenoxy) is 1. The Kier molecular flexibility index (Phi) is 2.94. The lowest BCUT2D eigenvalue weighted by Crippen LogP contribution is -2.21. The van der Waals surface area contributed by atoms with Crippen LogP contribution in [0.1, 0.15) is 33.5 Å². The van der Waals surface area contributed by atoms with Crippen LogP contribution in [-0.2, 0) is 4.74 Å². The summed E-state index contributed by atoms with van der Waals surface area (Å²) in [6.45, 7) is 6.78. The molecule has 2 rings (SSSR count). The first-order valence-electron chi connectivity index (χ1n) is 5.32. The predicted octanol–water partition coefficient (Wildman–Crippen LogP) is 2.97. The van der Waals surface area contributed by atoms with Crippen molar-refractivity contribution in [1.29, 1.82) is 0 Å². The molecular formula is C12H16O2S. The third kappa shape index (κ3) is 1.99. The molecule has 0 N–H and O–H groups in total. The van der Waals surface area contributed by atoms with E-state index >= 15 is 0 Å². The van der Waals surface area contributed by atoms with Crippen molar-refractivity contribution in [2.24, 2.45) is 5.92 Å². The van der Waals surface area contributed by atoms with Crippen LogP contribution in [0.4, 0.5) is 0 Å². The van der Waals surface area contributed by atoms with Crippen LogP contribution in [0.15, 0.2) is 6.07 Å². The average molecular weight is 224 g/mol. The van der Waals surface area contributed by atoms with Gasteiger partial charge in [0.1, 0.15) is 0 Å². The van der Waals surface area contributed by atoms with Crippen molar-refractivity contribution in [3.8, 4) is 0 Å².